The Morgan fingerprint density at radius 1 is 0.737 bits per heavy atom. The average molecular weight is 252 g/mol. The van der Waals surface area contributed by atoms with E-state index in [1.165, 1.54) is 25.3 Å². The Balaban J connectivity index is 2.12. The highest BCUT2D eigenvalue weighted by Crippen LogP contribution is 2.24. The third-order valence-corrected chi connectivity index (χ3v) is 2.40. The molecule has 0 radical (unpaired) electrons. The van der Waals surface area contributed by atoms with E-state index in [0.717, 1.165) is 0 Å². The van der Waals surface area contributed by atoms with Crippen LogP contribution in [-0.4, -0.2) is 34.9 Å². The van der Waals surface area contributed by atoms with Gasteiger partial charge in [0.15, 0.2) is 11.6 Å². The van der Waals surface area contributed by atoms with E-state index < -0.39 is 0 Å². The van der Waals surface area contributed by atoms with Crippen molar-refractivity contribution in [3.63, 3.8) is 0 Å². The molecule has 2 N–H and O–H groups in total. The molecule has 0 bridgehead atoms. The van der Waals surface area contributed by atoms with Crippen molar-refractivity contribution < 1.29 is 0 Å². The monoisotopic (exact) mass is 252 g/mol. The van der Waals surface area contributed by atoms with Crippen molar-refractivity contribution in [2.45, 2.75) is 0 Å². The van der Waals surface area contributed by atoms with Crippen LogP contribution < -0.4 is 5.73 Å². The molecule has 3 heterocycles. The molecular formula is C11H8N8. The quantitative estimate of drug-likeness (QED) is 0.695. The van der Waals surface area contributed by atoms with Crippen LogP contribution in [0.3, 0.4) is 0 Å². The number of anilines is 1. The first-order valence-electron chi connectivity index (χ1n) is 5.35. The molecule has 0 spiro atoms. The number of pyridine rings is 1. The van der Waals surface area contributed by atoms with Gasteiger partial charge in [0.25, 0.3) is 0 Å². The van der Waals surface area contributed by atoms with E-state index in [2.05, 4.69) is 34.9 Å². The van der Waals surface area contributed by atoms with Crippen LogP contribution in [0, 0.1) is 0 Å². The zero-order valence-electron chi connectivity index (χ0n) is 9.67. The minimum atomic E-state index is 0.337. The fraction of sp³-hybridized carbons (Fsp3) is 0. The van der Waals surface area contributed by atoms with E-state index in [-0.39, 0.29) is 0 Å². The summed E-state index contributed by atoms with van der Waals surface area (Å²) in [5, 5.41) is 0. The van der Waals surface area contributed by atoms with Gasteiger partial charge in [-0.15, -0.1) is 0 Å². The molecule has 0 saturated heterocycles. The molecule has 3 rings (SSSR count). The van der Waals surface area contributed by atoms with Crippen molar-refractivity contribution in [2.75, 3.05) is 5.73 Å². The van der Waals surface area contributed by atoms with E-state index in [9.17, 15) is 0 Å². The predicted molar refractivity (Wildman–Crippen MR) is 66.3 cm³/mol. The van der Waals surface area contributed by atoms with Crippen molar-refractivity contribution >= 4 is 5.82 Å². The van der Waals surface area contributed by atoms with E-state index in [4.69, 9.17) is 5.73 Å². The number of hydrogen-bond donors (Lipinski definition) is 1. The van der Waals surface area contributed by atoms with Crippen molar-refractivity contribution in [1.82, 2.24) is 34.9 Å². The molecule has 0 aliphatic heterocycles. The Morgan fingerprint density at radius 2 is 1.32 bits per heavy atom. The van der Waals surface area contributed by atoms with Crippen molar-refractivity contribution in [3.05, 3.63) is 37.6 Å². The summed E-state index contributed by atoms with van der Waals surface area (Å²) in [6.45, 7) is 0. The normalized spacial score (nSPS) is 10.3. The summed E-state index contributed by atoms with van der Waals surface area (Å²) in [6, 6.07) is 1.78. The van der Waals surface area contributed by atoms with E-state index in [1.54, 1.807) is 12.3 Å². The first-order valence-corrected chi connectivity index (χ1v) is 5.35. The summed E-state index contributed by atoms with van der Waals surface area (Å²) in [7, 11) is 0. The number of aromatic nitrogens is 7. The minimum absolute atomic E-state index is 0.337. The Morgan fingerprint density at radius 3 is 1.95 bits per heavy atom. The summed E-state index contributed by atoms with van der Waals surface area (Å²) in [5.41, 5.74) is 7.16. The van der Waals surface area contributed by atoms with Gasteiger partial charge in [-0.3, -0.25) is 0 Å². The number of nitrogens with two attached hydrogens (primary N) is 1. The molecule has 8 heteroatoms. The molecule has 0 unspecified atom stereocenters. The van der Waals surface area contributed by atoms with Crippen molar-refractivity contribution in [1.29, 1.82) is 0 Å². The van der Waals surface area contributed by atoms with Crippen LogP contribution in [0.5, 0.6) is 0 Å². The molecule has 0 fully saturated rings. The van der Waals surface area contributed by atoms with E-state index in [0.29, 0.717) is 28.6 Å². The van der Waals surface area contributed by atoms with Crippen LogP contribution in [-0.2, 0) is 0 Å². The Kier molecular flexibility index (Phi) is 2.73. The highest BCUT2D eigenvalue weighted by Gasteiger charge is 2.10. The van der Waals surface area contributed by atoms with E-state index in [1.807, 2.05) is 0 Å². The lowest BCUT2D eigenvalue weighted by molar-refractivity contribution is 1.04. The summed E-state index contributed by atoms with van der Waals surface area (Å²) in [6.07, 6.45) is 7.23. The Hall–Kier alpha value is -3.03. The zero-order chi connectivity index (χ0) is 13.1. The van der Waals surface area contributed by atoms with Crippen LogP contribution in [0.2, 0.25) is 0 Å². The van der Waals surface area contributed by atoms with Crippen molar-refractivity contribution in [3.8, 4) is 22.8 Å². The first-order chi connectivity index (χ1) is 9.34. The first kappa shape index (κ1) is 11.1. The second-order valence-electron chi connectivity index (χ2n) is 3.58. The van der Waals surface area contributed by atoms with Crippen LogP contribution in [0.4, 0.5) is 5.82 Å². The molecule has 0 aliphatic rings. The van der Waals surface area contributed by atoms with Gasteiger partial charge in [0.1, 0.15) is 31.1 Å². The number of rotatable bonds is 2. The molecule has 0 aliphatic carbocycles. The van der Waals surface area contributed by atoms with Crippen LogP contribution in [0.25, 0.3) is 22.8 Å². The van der Waals surface area contributed by atoms with Gasteiger partial charge in [0, 0.05) is 11.8 Å². The van der Waals surface area contributed by atoms with Crippen LogP contribution in [0.1, 0.15) is 0 Å². The topological polar surface area (TPSA) is 116 Å². The fourth-order valence-corrected chi connectivity index (χ4v) is 1.54. The van der Waals surface area contributed by atoms with Gasteiger partial charge in [-0.05, 0) is 6.07 Å². The standard InChI is InChI=1S/C11H8N8/c12-9-8(11-18-5-14-6-19-11)1-7(2-15-9)10-16-3-13-4-17-10/h1-6H,(H2,12,15). The molecule has 0 atom stereocenters. The molecule has 19 heavy (non-hydrogen) atoms. The molecule has 0 aromatic carbocycles. The Labute approximate surface area is 107 Å². The lowest BCUT2D eigenvalue weighted by atomic mass is 10.1. The predicted octanol–water partition coefficient (Wildman–Crippen LogP) is 0.368. The molecule has 8 nitrogen and oxygen atoms in total. The third-order valence-electron chi connectivity index (χ3n) is 2.40. The molecule has 0 saturated carbocycles. The van der Waals surface area contributed by atoms with Gasteiger partial charge >= 0.3 is 0 Å². The smallest absolute Gasteiger partial charge is 0.166 e. The molecule has 0 amide bonds. The van der Waals surface area contributed by atoms with Gasteiger partial charge in [-0.1, -0.05) is 0 Å². The maximum Gasteiger partial charge on any atom is 0.166 e. The highest BCUT2D eigenvalue weighted by atomic mass is 15.0. The summed E-state index contributed by atoms with van der Waals surface area (Å²) < 4.78 is 0. The van der Waals surface area contributed by atoms with E-state index >= 15 is 0 Å². The van der Waals surface area contributed by atoms with Gasteiger partial charge in [-0.25, -0.2) is 34.9 Å². The maximum atomic E-state index is 5.83. The molecule has 3 aromatic heterocycles. The minimum Gasteiger partial charge on any atom is -0.383 e. The SMILES string of the molecule is Nc1ncc(-c2ncncn2)cc1-c1ncncn1. The van der Waals surface area contributed by atoms with Gasteiger partial charge < -0.3 is 5.73 Å². The number of hydrogen-bond acceptors (Lipinski definition) is 8. The molecule has 3 aromatic rings. The third kappa shape index (κ3) is 2.18. The summed E-state index contributed by atoms with van der Waals surface area (Å²) in [5.74, 6) is 1.30. The Bertz CT molecular complexity index is 686. The van der Waals surface area contributed by atoms with Crippen LogP contribution >= 0.6 is 0 Å². The average Bonchev–Trinajstić information content (AvgIpc) is 2.49. The molecule has 92 valence electrons. The number of nitrogens with zero attached hydrogens (tertiary/aromatic N) is 7. The van der Waals surface area contributed by atoms with Gasteiger partial charge in [0.2, 0.25) is 0 Å². The number of nitrogen functional groups attached to an aromatic ring is 1. The maximum absolute atomic E-state index is 5.83. The zero-order valence-corrected chi connectivity index (χ0v) is 9.67. The fourth-order valence-electron chi connectivity index (χ4n) is 1.54. The second-order valence-corrected chi connectivity index (χ2v) is 3.58. The largest absolute Gasteiger partial charge is 0.383 e. The van der Waals surface area contributed by atoms with Crippen LogP contribution in [0.15, 0.2) is 37.6 Å². The summed E-state index contributed by atoms with van der Waals surface area (Å²) >= 11 is 0. The highest BCUT2D eigenvalue weighted by molar-refractivity contribution is 5.73. The molecular weight excluding hydrogens is 244 g/mol. The van der Waals surface area contributed by atoms with Gasteiger partial charge in [0.05, 0.1) is 5.56 Å². The van der Waals surface area contributed by atoms with Gasteiger partial charge in [-0.2, -0.15) is 0 Å². The lowest BCUT2D eigenvalue weighted by Gasteiger charge is -2.05. The van der Waals surface area contributed by atoms with Crippen molar-refractivity contribution in [2.24, 2.45) is 0 Å². The lowest BCUT2D eigenvalue weighted by Crippen LogP contribution is -1.99. The second kappa shape index (κ2) is 4.69. The summed E-state index contributed by atoms with van der Waals surface area (Å²) in [4.78, 5) is 27.9.